The van der Waals surface area contributed by atoms with Crippen LogP contribution in [0.1, 0.15) is 26.2 Å². The van der Waals surface area contributed by atoms with Gasteiger partial charge in [0.1, 0.15) is 0 Å². The molecular weight excluding hydrogens is 370 g/mol. The summed E-state index contributed by atoms with van der Waals surface area (Å²) in [4.78, 5) is 45.5. The lowest BCUT2D eigenvalue weighted by Gasteiger charge is -2.37. The van der Waals surface area contributed by atoms with E-state index in [0.29, 0.717) is 38.4 Å². The van der Waals surface area contributed by atoms with Crippen molar-refractivity contribution < 1.29 is 14.4 Å². The van der Waals surface area contributed by atoms with Crippen molar-refractivity contribution in [1.82, 2.24) is 14.7 Å². The Hall–Kier alpha value is -2.61. The number of amides is 4. The van der Waals surface area contributed by atoms with E-state index in [0.717, 1.165) is 31.6 Å². The summed E-state index contributed by atoms with van der Waals surface area (Å²) in [7, 11) is 0. The van der Waals surface area contributed by atoms with Crippen molar-refractivity contribution in [2.45, 2.75) is 32.2 Å². The first-order valence-electron chi connectivity index (χ1n) is 10.5. The number of anilines is 2. The molecule has 0 unspecified atom stereocenters. The first-order valence-corrected chi connectivity index (χ1v) is 10.5. The molecule has 1 aromatic carbocycles. The van der Waals surface area contributed by atoms with Crippen LogP contribution in [0.15, 0.2) is 24.3 Å². The van der Waals surface area contributed by atoms with Gasteiger partial charge in [0.2, 0.25) is 11.8 Å². The van der Waals surface area contributed by atoms with Gasteiger partial charge in [-0.2, -0.15) is 0 Å². The number of hydrogen-bond acceptors (Lipinski definition) is 4. The van der Waals surface area contributed by atoms with Gasteiger partial charge in [0.05, 0.1) is 17.9 Å². The van der Waals surface area contributed by atoms with Crippen molar-refractivity contribution in [2.24, 2.45) is 0 Å². The molecule has 1 aromatic rings. The van der Waals surface area contributed by atoms with Crippen LogP contribution in [0, 0.1) is 0 Å². The number of para-hydroxylation sites is 2. The first-order chi connectivity index (χ1) is 14.0. The van der Waals surface area contributed by atoms with Crippen LogP contribution in [0.4, 0.5) is 16.2 Å². The minimum absolute atomic E-state index is 0.0132. The molecule has 0 aliphatic carbocycles. The van der Waals surface area contributed by atoms with E-state index in [1.807, 2.05) is 41.0 Å². The largest absolute Gasteiger partial charge is 0.325 e. The van der Waals surface area contributed by atoms with Crippen LogP contribution in [-0.2, 0) is 9.59 Å². The lowest BCUT2D eigenvalue weighted by Crippen LogP contribution is -2.54. The SMILES string of the molecule is C[C@@H]1CC(=O)Nc2ccccc2N1C(=O)CN1CCN(C(=O)N2CCCC2)CC1. The number of nitrogens with one attached hydrogen (secondary N) is 1. The molecule has 4 rings (SSSR count). The van der Waals surface area contributed by atoms with Gasteiger partial charge in [-0.15, -0.1) is 0 Å². The van der Waals surface area contributed by atoms with Crippen molar-refractivity contribution in [3.63, 3.8) is 0 Å². The number of fused-ring (bicyclic) bond motifs is 1. The van der Waals surface area contributed by atoms with Gasteiger partial charge < -0.3 is 20.0 Å². The average molecular weight is 399 g/mol. The molecule has 2 fully saturated rings. The van der Waals surface area contributed by atoms with E-state index in [-0.39, 0.29) is 30.3 Å². The highest BCUT2D eigenvalue weighted by atomic mass is 16.2. The molecule has 1 atom stereocenters. The second-order valence-electron chi connectivity index (χ2n) is 8.12. The summed E-state index contributed by atoms with van der Waals surface area (Å²) in [6, 6.07) is 7.37. The van der Waals surface area contributed by atoms with Crippen LogP contribution < -0.4 is 10.2 Å². The molecule has 0 aromatic heterocycles. The van der Waals surface area contributed by atoms with E-state index in [9.17, 15) is 14.4 Å². The molecule has 1 N–H and O–H groups in total. The third-order valence-electron chi connectivity index (χ3n) is 6.01. The summed E-state index contributed by atoms with van der Waals surface area (Å²) in [5.41, 5.74) is 1.43. The summed E-state index contributed by atoms with van der Waals surface area (Å²) in [5.74, 6) is -0.0879. The Labute approximate surface area is 171 Å². The predicted octanol–water partition coefficient (Wildman–Crippen LogP) is 1.58. The first kappa shape index (κ1) is 19.7. The molecule has 0 radical (unpaired) electrons. The van der Waals surface area contributed by atoms with E-state index >= 15 is 0 Å². The number of hydrogen-bond donors (Lipinski definition) is 1. The molecule has 4 amide bonds. The van der Waals surface area contributed by atoms with Crippen molar-refractivity contribution in [3.8, 4) is 0 Å². The zero-order valence-electron chi connectivity index (χ0n) is 17.0. The zero-order valence-corrected chi connectivity index (χ0v) is 17.0. The highest BCUT2D eigenvalue weighted by Crippen LogP contribution is 2.31. The van der Waals surface area contributed by atoms with Gasteiger partial charge in [0.15, 0.2) is 0 Å². The van der Waals surface area contributed by atoms with Gasteiger partial charge >= 0.3 is 6.03 Å². The molecule has 3 heterocycles. The van der Waals surface area contributed by atoms with E-state index < -0.39 is 0 Å². The number of urea groups is 1. The lowest BCUT2D eigenvalue weighted by molar-refractivity contribution is -0.120. The van der Waals surface area contributed by atoms with Crippen LogP contribution >= 0.6 is 0 Å². The second kappa shape index (κ2) is 8.41. The van der Waals surface area contributed by atoms with Crippen LogP contribution in [0.2, 0.25) is 0 Å². The molecule has 2 saturated heterocycles. The van der Waals surface area contributed by atoms with Gasteiger partial charge in [0.25, 0.3) is 0 Å². The number of piperazine rings is 1. The molecule has 8 nitrogen and oxygen atoms in total. The quantitative estimate of drug-likeness (QED) is 0.819. The Balaban J connectivity index is 1.38. The number of rotatable bonds is 2. The van der Waals surface area contributed by atoms with E-state index in [1.165, 1.54) is 0 Å². The summed E-state index contributed by atoms with van der Waals surface area (Å²) in [5, 5.41) is 2.89. The van der Waals surface area contributed by atoms with Crippen LogP contribution in [0.5, 0.6) is 0 Å². The molecule has 8 heteroatoms. The molecule has 0 spiro atoms. The van der Waals surface area contributed by atoms with E-state index in [4.69, 9.17) is 0 Å². The van der Waals surface area contributed by atoms with E-state index in [1.54, 1.807) is 4.90 Å². The Bertz CT molecular complexity index is 784. The molecule has 0 bridgehead atoms. The topological polar surface area (TPSA) is 76.2 Å². The van der Waals surface area contributed by atoms with Gasteiger partial charge in [-0.3, -0.25) is 14.5 Å². The maximum absolute atomic E-state index is 13.2. The number of benzene rings is 1. The summed E-state index contributed by atoms with van der Waals surface area (Å²) in [6.07, 6.45) is 2.46. The number of carbonyl (C=O) groups is 3. The van der Waals surface area contributed by atoms with E-state index in [2.05, 4.69) is 10.2 Å². The maximum Gasteiger partial charge on any atom is 0.320 e. The Morgan fingerprint density at radius 3 is 2.38 bits per heavy atom. The molecule has 156 valence electrons. The number of likely N-dealkylation sites (tertiary alicyclic amines) is 1. The third kappa shape index (κ3) is 4.22. The lowest BCUT2D eigenvalue weighted by atomic mass is 10.1. The van der Waals surface area contributed by atoms with Crippen LogP contribution in [0.3, 0.4) is 0 Å². The molecule has 0 saturated carbocycles. The minimum atomic E-state index is -0.204. The summed E-state index contributed by atoms with van der Waals surface area (Å²) < 4.78 is 0. The van der Waals surface area contributed by atoms with Crippen molar-refractivity contribution in [3.05, 3.63) is 24.3 Å². The maximum atomic E-state index is 13.2. The van der Waals surface area contributed by atoms with Gasteiger partial charge in [-0.25, -0.2) is 4.79 Å². The molecule has 29 heavy (non-hydrogen) atoms. The molecular formula is C21H29N5O3. The zero-order chi connectivity index (χ0) is 20.4. The van der Waals surface area contributed by atoms with Crippen molar-refractivity contribution in [2.75, 3.05) is 56.0 Å². The van der Waals surface area contributed by atoms with Gasteiger partial charge in [-0.1, -0.05) is 12.1 Å². The number of carbonyl (C=O) groups excluding carboxylic acids is 3. The average Bonchev–Trinajstić information content (AvgIpc) is 3.20. The van der Waals surface area contributed by atoms with Gasteiger partial charge in [0, 0.05) is 51.7 Å². The number of nitrogens with zero attached hydrogens (tertiary/aromatic N) is 4. The predicted molar refractivity (Wildman–Crippen MR) is 111 cm³/mol. The Morgan fingerprint density at radius 2 is 1.66 bits per heavy atom. The summed E-state index contributed by atoms with van der Waals surface area (Å²) >= 11 is 0. The summed E-state index contributed by atoms with van der Waals surface area (Å²) in [6.45, 7) is 6.58. The molecule has 3 aliphatic rings. The highest BCUT2D eigenvalue weighted by molar-refractivity contribution is 6.04. The van der Waals surface area contributed by atoms with Crippen LogP contribution in [0.25, 0.3) is 0 Å². The molecule has 3 aliphatic heterocycles. The highest BCUT2D eigenvalue weighted by Gasteiger charge is 2.32. The fourth-order valence-corrected chi connectivity index (χ4v) is 4.44. The fraction of sp³-hybridized carbons (Fsp3) is 0.571. The van der Waals surface area contributed by atoms with Crippen molar-refractivity contribution in [1.29, 1.82) is 0 Å². The standard InChI is InChI=1S/C21H29N5O3/c1-16-14-19(27)22-17-6-2-3-7-18(17)26(16)20(28)15-23-10-12-25(13-11-23)21(29)24-8-4-5-9-24/h2-3,6-7,16H,4-5,8-15H2,1H3,(H,22,27)/t16-/m1/s1. The normalized spacial score (nSPS) is 22.9. The minimum Gasteiger partial charge on any atom is -0.325 e. The van der Waals surface area contributed by atoms with Crippen LogP contribution in [-0.4, -0.2) is 84.4 Å². The Morgan fingerprint density at radius 1 is 1.00 bits per heavy atom. The Kier molecular flexibility index (Phi) is 5.71. The fourth-order valence-electron chi connectivity index (χ4n) is 4.44. The van der Waals surface area contributed by atoms with Gasteiger partial charge in [-0.05, 0) is 31.9 Å². The third-order valence-corrected chi connectivity index (χ3v) is 6.01. The second-order valence-corrected chi connectivity index (χ2v) is 8.12. The smallest absolute Gasteiger partial charge is 0.320 e. The monoisotopic (exact) mass is 399 g/mol. The van der Waals surface area contributed by atoms with Crippen molar-refractivity contribution >= 4 is 29.2 Å².